The number of nitrogens with zero attached hydrogens (tertiary/aromatic N) is 2. The fourth-order valence-corrected chi connectivity index (χ4v) is 1.73. The van der Waals surface area contributed by atoms with Crippen molar-refractivity contribution in [2.75, 3.05) is 7.11 Å². The number of aryl methyl sites for hydroxylation is 2. The van der Waals surface area contributed by atoms with E-state index in [4.69, 9.17) is 4.74 Å². The van der Waals surface area contributed by atoms with Crippen LogP contribution < -0.4 is 4.74 Å². The van der Waals surface area contributed by atoms with Crippen molar-refractivity contribution < 1.29 is 14.3 Å². The highest BCUT2D eigenvalue weighted by molar-refractivity contribution is 5.65. The second-order valence-electron chi connectivity index (χ2n) is 4.49. The Morgan fingerprint density at radius 1 is 1.00 bits per heavy atom. The summed E-state index contributed by atoms with van der Waals surface area (Å²) in [5.74, 6) is 0.441. The van der Waals surface area contributed by atoms with E-state index in [-0.39, 0.29) is 0 Å². The maximum atomic E-state index is 11.1. The predicted molar refractivity (Wildman–Crippen MR) is 79.6 cm³/mol. The minimum Gasteiger partial charge on any atom is -0.437 e. The third-order valence-electron chi connectivity index (χ3n) is 2.91. The first-order valence-electron chi connectivity index (χ1n) is 6.44. The molecule has 0 atom stereocenters. The summed E-state index contributed by atoms with van der Waals surface area (Å²) >= 11 is 0. The molecule has 2 aromatic carbocycles. The molecule has 0 bridgehead atoms. The van der Waals surface area contributed by atoms with Crippen LogP contribution in [0.25, 0.3) is 0 Å². The predicted octanol–water partition coefficient (Wildman–Crippen LogP) is 4.86. The molecule has 0 radical (unpaired) electrons. The molecule has 0 amide bonds. The average molecular weight is 284 g/mol. The molecule has 2 aromatic rings. The highest BCUT2D eigenvalue weighted by atomic mass is 16.7. The van der Waals surface area contributed by atoms with Gasteiger partial charge in [0.05, 0.1) is 18.5 Å². The summed E-state index contributed by atoms with van der Waals surface area (Å²) in [7, 11) is 1.27. The van der Waals surface area contributed by atoms with Gasteiger partial charge in [0.2, 0.25) is 0 Å². The Morgan fingerprint density at radius 3 is 2.43 bits per heavy atom. The van der Waals surface area contributed by atoms with Gasteiger partial charge in [-0.15, -0.1) is 0 Å². The molecule has 0 aliphatic heterocycles. The van der Waals surface area contributed by atoms with E-state index in [1.165, 1.54) is 7.11 Å². The normalized spacial score (nSPS) is 10.6. The van der Waals surface area contributed by atoms with Crippen LogP contribution >= 0.6 is 0 Å². The molecule has 0 fully saturated rings. The average Bonchev–Trinajstić information content (AvgIpc) is 2.48. The van der Waals surface area contributed by atoms with E-state index >= 15 is 0 Å². The van der Waals surface area contributed by atoms with E-state index in [9.17, 15) is 4.79 Å². The number of ether oxygens (including phenoxy) is 2. The van der Waals surface area contributed by atoms with Crippen molar-refractivity contribution in [3.8, 4) is 5.75 Å². The monoisotopic (exact) mass is 284 g/mol. The molecule has 0 aliphatic carbocycles. The lowest BCUT2D eigenvalue weighted by atomic mass is 10.2. The summed E-state index contributed by atoms with van der Waals surface area (Å²) < 4.78 is 9.45. The number of carbonyl (C=O) groups is 1. The number of hydrogen-bond donors (Lipinski definition) is 0. The maximum absolute atomic E-state index is 11.1. The number of methoxy groups -OCH3 is 1. The molecule has 2 rings (SSSR count). The van der Waals surface area contributed by atoms with Crippen LogP contribution in [-0.2, 0) is 4.74 Å². The molecule has 0 aromatic heterocycles. The van der Waals surface area contributed by atoms with Gasteiger partial charge >= 0.3 is 6.16 Å². The number of carbonyl (C=O) groups excluding carboxylic acids is 1. The maximum Gasteiger partial charge on any atom is 0.513 e. The van der Waals surface area contributed by atoms with Gasteiger partial charge in [0.1, 0.15) is 5.75 Å². The number of azo groups is 1. The van der Waals surface area contributed by atoms with Crippen molar-refractivity contribution in [2.24, 2.45) is 10.2 Å². The first-order chi connectivity index (χ1) is 10.1. The second-order valence-corrected chi connectivity index (χ2v) is 4.49. The number of hydrogen-bond acceptors (Lipinski definition) is 5. The van der Waals surface area contributed by atoms with E-state index in [2.05, 4.69) is 15.0 Å². The lowest BCUT2D eigenvalue weighted by Gasteiger charge is -2.06. The zero-order valence-corrected chi connectivity index (χ0v) is 12.2. The van der Waals surface area contributed by atoms with Crippen LogP contribution in [0.4, 0.5) is 16.2 Å². The lowest BCUT2D eigenvalue weighted by Crippen LogP contribution is -2.07. The van der Waals surface area contributed by atoms with Crippen molar-refractivity contribution in [3.05, 3.63) is 53.6 Å². The molecule has 0 saturated heterocycles. The van der Waals surface area contributed by atoms with Crippen LogP contribution in [0.15, 0.2) is 52.7 Å². The Hall–Kier alpha value is -2.69. The van der Waals surface area contributed by atoms with E-state index in [1.54, 1.807) is 18.2 Å². The van der Waals surface area contributed by atoms with Crippen LogP contribution in [-0.4, -0.2) is 13.3 Å². The zero-order chi connectivity index (χ0) is 15.2. The summed E-state index contributed by atoms with van der Waals surface area (Å²) in [4.78, 5) is 11.1. The quantitative estimate of drug-likeness (QED) is 0.459. The van der Waals surface area contributed by atoms with Gasteiger partial charge in [-0.2, -0.15) is 10.2 Å². The summed E-state index contributed by atoms with van der Waals surface area (Å²) in [5.41, 5.74) is 3.35. The van der Waals surface area contributed by atoms with Crippen molar-refractivity contribution in [2.45, 2.75) is 13.8 Å². The second kappa shape index (κ2) is 6.65. The molecule has 0 aliphatic rings. The molecule has 0 N–H and O–H groups in total. The van der Waals surface area contributed by atoms with Crippen molar-refractivity contribution in [3.63, 3.8) is 0 Å². The van der Waals surface area contributed by atoms with Gasteiger partial charge in [-0.1, -0.05) is 18.2 Å². The molecule has 0 saturated carbocycles. The Balaban J connectivity index is 2.17. The van der Waals surface area contributed by atoms with Gasteiger partial charge in [-0.05, 0) is 49.2 Å². The van der Waals surface area contributed by atoms with Crippen molar-refractivity contribution in [1.29, 1.82) is 0 Å². The fourth-order valence-electron chi connectivity index (χ4n) is 1.73. The third kappa shape index (κ3) is 3.89. The summed E-state index contributed by atoms with van der Waals surface area (Å²) in [6.07, 6.45) is -0.743. The van der Waals surface area contributed by atoms with Gasteiger partial charge in [0.25, 0.3) is 0 Å². The van der Waals surface area contributed by atoms with Crippen LogP contribution in [0.5, 0.6) is 5.75 Å². The van der Waals surface area contributed by atoms with Gasteiger partial charge in [-0.3, -0.25) is 0 Å². The lowest BCUT2D eigenvalue weighted by molar-refractivity contribution is 0.121. The number of benzene rings is 2. The smallest absolute Gasteiger partial charge is 0.437 e. The van der Waals surface area contributed by atoms with E-state index in [0.717, 1.165) is 16.8 Å². The van der Waals surface area contributed by atoms with Crippen LogP contribution in [0.2, 0.25) is 0 Å². The molecule has 0 unspecified atom stereocenters. The SMILES string of the molecule is COC(=O)Oc1ccc(N=Nc2ccccc2C)cc1C. The minimum atomic E-state index is -0.743. The standard InChI is InChI=1S/C16H16N2O3/c1-11-6-4-5-7-14(11)18-17-13-8-9-15(12(2)10-13)21-16(19)20-3/h4-10H,1-3H3. The molecular formula is C16H16N2O3. The largest absolute Gasteiger partial charge is 0.513 e. The Labute approximate surface area is 123 Å². The molecule has 21 heavy (non-hydrogen) atoms. The van der Waals surface area contributed by atoms with Crippen molar-refractivity contribution in [1.82, 2.24) is 0 Å². The minimum absolute atomic E-state index is 0.441. The van der Waals surface area contributed by atoms with Crippen molar-refractivity contribution >= 4 is 17.5 Å². The zero-order valence-electron chi connectivity index (χ0n) is 12.2. The van der Waals surface area contributed by atoms with E-state index in [0.29, 0.717) is 11.4 Å². The number of rotatable bonds is 3. The Morgan fingerprint density at radius 2 is 1.76 bits per heavy atom. The van der Waals surface area contributed by atoms with Crippen LogP contribution in [0.3, 0.4) is 0 Å². The Bertz CT molecular complexity index is 681. The molecule has 5 heteroatoms. The van der Waals surface area contributed by atoms with Crippen LogP contribution in [0, 0.1) is 13.8 Å². The highest BCUT2D eigenvalue weighted by Crippen LogP contribution is 2.26. The Kier molecular flexibility index (Phi) is 4.66. The van der Waals surface area contributed by atoms with Gasteiger partial charge < -0.3 is 9.47 Å². The molecule has 0 heterocycles. The first-order valence-corrected chi connectivity index (χ1v) is 6.44. The van der Waals surface area contributed by atoms with E-state index in [1.807, 2.05) is 38.1 Å². The molecule has 0 spiro atoms. The third-order valence-corrected chi connectivity index (χ3v) is 2.91. The first kappa shape index (κ1) is 14.7. The summed E-state index contributed by atoms with van der Waals surface area (Å²) in [5, 5.41) is 8.41. The van der Waals surface area contributed by atoms with Gasteiger partial charge in [0, 0.05) is 0 Å². The summed E-state index contributed by atoms with van der Waals surface area (Å²) in [6, 6.07) is 12.9. The topological polar surface area (TPSA) is 60.2 Å². The fraction of sp³-hybridized carbons (Fsp3) is 0.188. The van der Waals surface area contributed by atoms with E-state index < -0.39 is 6.16 Å². The molecule has 108 valence electrons. The molecular weight excluding hydrogens is 268 g/mol. The van der Waals surface area contributed by atoms with Gasteiger partial charge in [-0.25, -0.2) is 4.79 Å². The molecule has 5 nitrogen and oxygen atoms in total. The summed E-state index contributed by atoms with van der Waals surface area (Å²) in [6.45, 7) is 3.80. The van der Waals surface area contributed by atoms with Crippen LogP contribution in [0.1, 0.15) is 11.1 Å². The van der Waals surface area contributed by atoms with Gasteiger partial charge in [0.15, 0.2) is 0 Å². The highest BCUT2D eigenvalue weighted by Gasteiger charge is 2.07.